The van der Waals surface area contributed by atoms with Gasteiger partial charge in [0.05, 0.1) is 22.8 Å². The van der Waals surface area contributed by atoms with E-state index in [1.807, 2.05) is 72.8 Å². The lowest BCUT2D eigenvalue weighted by atomic mass is 9.93. The molecule has 1 saturated heterocycles. The van der Waals surface area contributed by atoms with Crippen LogP contribution in [-0.4, -0.2) is 59.6 Å². The third kappa shape index (κ3) is 6.92. The second-order valence-corrected chi connectivity index (χ2v) is 14.4. The third-order valence-electron chi connectivity index (χ3n) is 10.7. The van der Waals surface area contributed by atoms with Gasteiger partial charge < -0.3 is 15.0 Å². The largest absolute Gasteiger partial charge is 0.448 e. The Morgan fingerprint density at radius 3 is 1.98 bits per heavy atom. The average molecular weight is 701 g/mol. The number of para-hydroxylation sites is 1. The minimum Gasteiger partial charge on any atom is -0.448 e. The van der Waals surface area contributed by atoms with Crippen molar-refractivity contribution in [3.63, 3.8) is 0 Å². The predicted molar refractivity (Wildman–Crippen MR) is 211 cm³/mol. The van der Waals surface area contributed by atoms with Crippen LogP contribution < -0.4 is 5.32 Å². The zero-order chi connectivity index (χ0) is 36.3. The summed E-state index contributed by atoms with van der Waals surface area (Å²) >= 11 is 0. The molecule has 2 heterocycles. The van der Waals surface area contributed by atoms with Crippen molar-refractivity contribution in [3.05, 3.63) is 161 Å². The highest BCUT2D eigenvalue weighted by Gasteiger charge is 2.32. The Morgan fingerprint density at radius 1 is 0.736 bits per heavy atom. The number of carbonyl (C=O) groups is 2. The van der Waals surface area contributed by atoms with Gasteiger partial charge in [0, 0.05) is 55.2 Å². The number of carbonyl (C=O) groups excluding carboxylic acids is 2. The zero-order valence-electron chi connectivity index (χ0n) is 30.2. The molecule has 53 heavy (non-hydrogen) atoms. The first-order valence-corrected chi connectivity index (χ1v) is 18.6. The molecule has 0 saturated carbocycles. The zero-order valence-corrected chi connectivity index (χ0v) is 30.2. The van der Waals surface area contributed by atoms with E-state index in [9.17, 15) is 9.59 Å². The molecule has 5 aromatic carbocycles. The summed E-state index contributed by atoms with van der Waals surface area (Å²) in [7, 11) is 0. The number of piperazine rings is 1. The Morgan fingerprint density at radius 2 is 1.32 bits per heavy atom. The van der Waals surface area contributed by atoms with Crippen molar-refractivity contribution in [1.29, 1.82) is 0 Å². The standard InChI is InChI=1S/C46H44N4O3/c1-31(2)43(32-15-5-3-6-16-32)48-45(51)42-38-23-13-14-24-41(38)47-44(33-17-7-4-8-18-33)39(42)29-49-25-27-50(28-26-49)46(52)53-30-40-36-21-11-9-19-34(36)35-20-10-12-22-37(35)40/h3-24,31,40,43H,25-30H2,1-2H3,(H,48,51)/t43-/m0/s1. The number of aromatic nitrogens is 1. The van der Waals surface area contributed by atoms with Crippen molar-refractivity contribution >= 4 is 22.9 Å². The van der Waals surface area contributed by atoms with Crippen LogP contribution in [0.5, 0.6) is 0 Å². The van der Waals surface area contributed by atoms with Gasteiger partial charge in [-0.25, -0.2) is 9.78 Å². The second kappa shape index (κ2) is 15.1. The van der Waals surface area contributed by atoms with Gasteiger partial charge in [0.15, 0.2) is 0 Å². The minimum absolute atomic E-state index is 0.0196. The quantitative estimate of drug-likeness (QED) is 0.163. The molecule has 8 rings (SSSR count). The van der Waals surface area contributed by atoms with Crippen LogP contribution in [0.15, 0.2) is 133 Å². The van der Waals surface area contributed by atoms with E-state index in [0.717, 1.165) is 33.3 Å². The Hall–Kier alpha value is -5.79. The van der Waals surface area contributed by atoms with Crippen LogP contribution in [-0.2, 0) is 11.3 Å². The summed E-state index contributed by atoms with van der Waals surface area (Å²) < 4.78 is 6.01. The normalized spacial score (nSPS) is 14.9. The first kappa shape index (κ1) is 34.3. The number of fused-ring (bicyclic) bond motifs is 4. The molecule has 2 amide bonds. The molecule has 1 aliphatic heterocycles. The van der Waals surface area contributed by atoms with Crippen LogP contribution in [0.3, 0.4) is 0 Å². The van der Waals surface area contributed by atoms with Gasteiger partial charge in [-0.05, 0) is 39.8 Å². The fourth-order valence-electron chi connectivity index (χ4n) is 8.01. The summed E-state index contributed by atoms with van der Waals surface area (Å²) in [4.78, 5) is 37.4. The van der Waals surface area contributed by atoms with Crippen LogP contribution in [0.25, 0.3) is 33.3 Å². The van der Waals surface area contributed by atoms with Gasteiger partial charge in [0.25, 0.3) is 5.91 Å². The number of hydrogen-bond donors (Lipinski definition) is 1. The summed E-state index contributed by atoms with van der Waals surface area (Å²) in [5.74, 6) is 0.0827. The van der Waals surface area contributed by atoms with E-state index in [2.05, 4.69) is 84.7 Å². The molecule has 0 radical (unpaired) electrons. The number of nitrogens with one attached hydrogen (secondary N) is 1. The molecule has 0 bridgehead atoms. The second-order valence-electron chi connectivity index (χ2n) is 14.4. The molecule has 1 fully saturated rings. The molecule has 0 spiro atoms. The molecule has 7 heteroatoms. The van der Waals surface area contributed by atoms with E-state index in [0.29, 0.717) is 44.9 Å². The Bertz CT molecular complexity index is 2200. The first-order chi connectivity index (χ1) is 26.0. The van der Waals surface area contributed by atoms with E-state index in [1.165, 1.54) is 22.3 Å². The van der Waals surface area contributed by atoms with Gasteiger partial charge in [-0.15, -0.1) is 0 Å². The maximum absolute atomic E-state index is 14.6. The Kier molecular flexibility index (Phi) is 9.74. The van der Waals surface area contributed by atoms with Crippen molar-refractivity contribution < 1.29 is 14.3 Å². The summed E-state index contributed by atoms with van der Waals surface area (Å²) in [6.45, 7) is 7.43. The Balaban J connectivity index is 1.03. The van der Waals surface area contributed by atoms with Gasteiger partial charge in [-0.3, -0.25) is 9.69 Å². The molecule has 7 nitrogen and oxygen atoms in total. The van der Waals surface area contributed by atoms with E-state index in [-0.39, 0.29) is 29.9 Å². The third-order valence-corrected chi connectivity index (χ3v) is 10.7. The van der Waals surface area contributed by atoms with E-state index >= 15 is 0 Å². The molecule has 1 N–H and O–H groups in total. The number of nitrogens with zero attached hydrogens (tertiary/aromatic N) is 3. The maximum Gasteiger partial charge on any atom is 0.409 e. The molecule has 1 aromatic heterocycles. The number of pyridine rings is 1. The van der Waals surface area contributed by atoms with Crippen molar-refractivity contribution in [1.82, 2.24) is 20.1 Å². The van der Waals surface area contributed by atoms with Crippen molar-refractivity contribution in [2.45, 2.75) is 32.4 Å². The lowest BCUT2D eigenvalue weighted by Gasteiger charge is -2.35. The average Bonchev–Trinajstić information content (AvgIpc) is 3.52. The molecule has 1 atom stereocenters. The van der Waals surface area contributed by atoms with Gasteiger partial charge in [0.1, 0.15) is 6.61 Å². The van der Waals surface area contributed by atoms with Crippen molar-refractivity contribution in [2.75, 3.05) is 32.8 Å². The summed E-state index contributed by atoms with van der Waals surface area (Å²) in [6, 6.07) is 44.8. The van der Waals surface area contributed by atoms with Crippen LogP contribution in [0, 0.1) is 5.92 Å². The summed E-state index contributed by atoms with van der Waals surface area (Å²) in [5.41, 5.74) is 9.97. The van der Waals surface area contributed by atoms with Gasteiger partial charge in [-0.2, -0.15) is 0 Å². The highest BCUT2D eigenvalue weighted by atomic mass is 16.6. The van der Waals surface area contributed by atoms with Crippen LogP contribution in [0.1, 0.15) is 58.4 Å². The molecule has 0 unspecified atom stereocenters. The lowest BCUT2D eigenvalue weighted by Crippen LogP contribution is -2.48. The molecule has 6 aromatic rings. The number of hydrogen-bond acceptors (Lipinski definition) is 5. The fourth-order valence-corrected chi connectivity index (χ4v) is 8.01. The number of benzene rings is 5. The van der Waals surface area contributed by atoms with E-state index in [1.54, 1.807) is 4.90 Å². The van der Waals surface area contributed by atoms with Crippen LogP contribution >= 0.6 is 0 Å². The highest BCUT2D eigenvalue weighted by molar-refractivity contribution is 6.09. The fraction of sp³-hybridized carbons (Fsp3) is 0.239. The van der Waals surface area contributed by atoms with Gasteiger partial charge in [0.2, 0.25) is 0 Å². The molecule has 1 aliphatic carbocycles. The lowest BCUT2D eigenvalue weighted by molar-refractivity contribution is 0.0728. The summed E-state index contributed by atoms with van der Waals surface area (Å²) in [6.07, 6.45) is -0.287. The van der Waals surface area contributed by atoms with E-state index in [4.69, 9.17) is 9.72 Å². The van der Waals surface area contributed by atoms with Crippen LogP contribution in [0.4, 0.5) is 4.79 Å². The smallest absolute Gasteiger partial charge is 0.409 e. The summed E-state index contributed by atoms with van der Waals surface area (Å²) in [5, 5.41) is 4.24. The SMILES string of the molecule is CC(C)[C@H](NC(=O)c1c(CN2CCN(C(=O)OCC3c4ccccc4-c4ccccc43)CC2)c(-c2ccccc2)nc2ccccc12)c1ccccc1. The first-order valence-electron chi connectivity index (χ1n) is 18.6. The molecular weight excluding hydrogens is 657 g/mol. The predicted octanol–water partition coefficient (Wildman–Crippen LogP) is 9.10. The number of rotatable bonds is 9. The van der Waals surface area contributed by atoms with Gasteiger partial charge in [-0.1, -0.05) is 141 Å². The number of ether oxygens (including phenoxy) is 1. The Labute approximate surface area is 311 Å². The number of amides is 2. The molecule has 2 aliphatic rings. The molecular formula is C46H44N4O3. The topological polar surface area (TPSA) is 74.8 Å². The highest BCUT2D eigenvalue weighted by Crippen LogP contribution is 2.44. The minimum atomic E-state index is -0.287. The van der Waals surface area contributed by atoms with Crippen LogP contribution in [0.2, 0.25) is 0 Å². The van der Waals surface area contributed by atoms with Gasteiger partial charge >= 0.3 is 6.09 Å². The monoisotopic (exact) mass is 700 g/mol. The maximum atomic E-state index is 14.6. The van der Waals surface area contributed by atoms with E-state index < -0.39 is 0 Å². The molecule has 266 valence electrons. The van der Waals surface area contributed by atoms with Crippen molar-refractivity contribution in [3.8, 4) is 22.4 Å². The van der Waals surface area contributed by atoms with Crippen molar-refractivity contribution in [2.24, 2.45) is 5.92 Å².